The average molecular weight is 424 g/mol. The van der Waals surface area contributed by atoms with E-state index in [1.807, 2.05) is 19.9 Å². The minimum absolute atomic E-state index is 0.00190. The van der Waals surface area contributed by atoms with Gasteiger partial charge in [0.05, 0.1) is 11.8 Å². The zero-order valence-electron chi connectivity index (χ0n) is 17.2. The highest BCUT2D eigenvalue weighted by Gasteiger charge is 2.16. The van der Waals surface area contributed by atoms with Crippen molar-refractivity contribution < 1.29 is 4.79 Å². The SMILES string of the molecule is Cc1sc2nc(CC(=O)NN=C3CCN(Cc4ccccc4)CC3)[nH]c(=O)c2c1C. The van der Waals surface area contributed by atoms with Crippen LogP contribution in [-0.4, -0.2) is 39.6 Å². The second kappa shape index (κ2) is 8.89. The number of piperidine rings is 1. The van der Waals surface area contributed by atoms with Crippen LogP contribution in [0.15, 0.2) is 40.2 Å². The number of carbonyl (C=O) groups is 1. The van der Waals surface area contributed by atoms with E-state index in [0.717, 1.165) is 48.6 Å². The standard InChI is InChI=1S/C22H25N5O2S/c1-14-15(2)30-22-20(14)21(29)23-18(24-22)12-19(28)26-25-17-8-10-27(11-9-17)13-16-6-4-3-5-7-16/h3-7H,8-13H2,1-2H3,(H,26,28)(H,23,24,29). The van der Waals surface area contributed by atoms with Crippen molar-refractivity contribution in [2.45, 2.75) is 39.7 Å². The van der Waals surface area contributed by atoms with Gasteiger partial charge in [-0.2, -0.15) is 5.10 Å². The van der Waals surface area contributed by atoms with Crippen LogP contribution in [0.2, 0.25) is 0 Å². The number of carbonyl (C=O) groups excluding carboxylic acids is 1. The second-order valence-corrected chi connectivity index (χ2v) is 8.83. The molecule has 1 fully saturated rings. The van der Waals surface area contributed by atoms with Gasteiger partial charge in [0.1, 0.15) is 10.7 Å². The van der Waals surface area contributed by atoms with E-state index >= 15 is 0 Å². The number of likely N-dealkylation sites (tertiary alicyclic amines) is 1. The van der Waals surface area contributed by atoms with Gasteiger partial charge in [-0.1, -0.05) is 30.3 Å². The summed E-state index contributed by atoms with van der Waals surface area (Å²) in [4.78, 5) is 35.9. The molecule has 0 radical (unpaired) electrons. The number of thiophene rings is 1. The van der Waals surface area contributed by atoms with Crippen molar-refractivity contribution >= 4 is 33.2 Å². The molecular weight excluding hydrogens is 398 g/mol. The Labute approximate surface area is 178 Å². The molecule has 3 aromatic rings. The van der Waals surface area contributed by atoms with E-state index < -0.39 is 0 Å². The molecule has 0 aliphatic carbocycles. The molecule has 8 heteroatoms. The van der Waals surface area contributed by atoms with Gasteiger partial charge in [-0.05, 0) is 25.0 Å². The Morgan fingerprint density at radius 3 is 2.70 bits per heavy atom. The van der Waals surface area contributed by atoms with Crippen LogP contribution >= 0.6 is 11.3 Å². The van der Waals surface area contributed by atoms with E-state index in [0.29, 0.717) is 16.0 Å². The molecule has 30 heavy (non-hydrogen) atoms. The van der Waals surface area contributed by atoms with Crippen LogP contribution in [-0.2, 0) is 17.8 Å². The Hall–Kier alpha value is -2.84. The summed E-state index contributed by atoms with van der Waals surface area (Å²) in [5.41, 5.74) is 5.68. The van der Waals surface area contributed by atoms with Crippen molar-refractivity contribution in [1.29, 1.82) is 0 Å². The fourth-order valence-corrected chi connectivity index (χ4v) is 4.69. The molecule has 4 rings (SSSR count). The summed E-state index contributed by atoms with van der Waals surface area (Å²) >= 11 is 1.48. The lowest BCUT2D eigenvalue weighted by Crippen LogP contribution is -2.34. The van der Waals surface area contributed by atoms with E-state index in [9.17, 15) is 9.59 Å². The summed E-state index contributed by atoms with van der Waals surface area (Å²) in [6, 6.07) is 10.4. The summed E-state index contributed by atoms with van der Waals surface area (Å²) in [5.74, 6) is 0.0887. The number of rotatable bonds is 5. The van der Waals surface area contributed by atoms with Crippen LogP contribution in [0, 0.1) is 13.8 Å². The Balaban J connectivity index is 1.31. The lowest BCUT2D eigenvalue weighted by Gasteiger charge is -2.27. The molecule has 0 bridgehead atoms. The molecule has 1 amide bonds. The van der Waals surface area contributed by atoms with E-state index in [1.54, 1.807) is 0 Å². The Morgan fingerprint density at radius 1 is 1.23 bits per heavy atom. The number of fused-ring (bicyclic) bond motifs is 1. The summed E-state index contributed by atoms with van der Waals surface area (Å²) in [7, 11) is 0. The number of H-pyrrole nitrogens is 1. The Kier molecular flexibility index (Phi) is 6.06. The summed E-state index contributed by atoms with van der Waals surface area (Å²) in [6.45, 7) is 6.66. The molecule has 0 unspecified atom stereocenters. The fourth-order valence-electron chi connectivity index (χ4n) is 3.64. The fraction of sp³-hybridized carbons (Fsp3) is 0.364. The number of hydrogen-bond acceptors (Lipinski definition) is 6. The molecular formula is C22H25N5O2S. The van der Waals surface area contributed by atoms with Gasteiger partial charge in [0.25, 0.3) is 5.56 Å². The molecule has 2 aromatic heterocycles. The van der Waals surface area contributed by atoms with E-state index in [-0.39, 0.29) is 17.9 Å². The predicted octanol–water partition coefficient (Wildman–Crippen LogP) is 2.91. The number of nitrogens with zero attached hydrogens (tertiary/aromatic N) is 3. The van der Waals surface area contributed by atoms with Crippen molar-refractivity contribution in [1.82, 2.24) is 20.3 Å². The molecule has 7 nitrogen and oxygen atoms in total. The highest BCUT2D eigenvalue weighted by Crippen LogP contribution is 2.25. The third kappa shape index (κ3) is 4.66. The maximum Gasteiger partial charge on any atom is 0.259 e. The van der Waals surface area contributed by atoms with Gasteiger partial charge >= 0.3 is 0 Å². The number of hydrogen-bond donors (Lipinski definition) is 2. The molecule has 0 atom stereocenters. The molecule has 156 valence electrons. The number of nitrogens with one attached hydrogen (secondary N) is 2. The van der Waals surface area contributed by atoms with E-state index in [2.05, 4.69) is 49.7 Å². The van der Waals surface area contributed by atoms with Crippen LogP contribution in [0.1, 0.15) is 34.7 Å². The monoisotopic (exact) mass is 423 g/mol. The van der Waals surface area contributed by atoms with E-state index in [4.69, 9.17) is 0 Å². The first-order valence-corrected chi connectivity index (χ1v) is 10.9. The second-order valence-electron chi connectivity index (χ2n) is 7.63. The van der Waals surface area contributed by atoms with Gasteiger partial charge in [-0.15, -0.1) is 11.3 Å². The molecule has 3 heterocycles. The minimum Gasteiger partial charge on any atom is -0.309 e. The number of hydrazone groups is 1. The van der Waals surface area contributed by atoms with Gasteiger partial charge in [0.15, 0.2) is 0 Å². The normalized spacial score (nSPS) is 14.8. The van der Waals surface area contributed by atoms with Crippen molar-refractivity contribution in [2.24, 2.45) is 5.10 Å². The molecule has 0 spiro atoms. The van der Waals surface area contributed by atoms with Crippen molar-refractivity contribution in [3.8, 4) is 0 Å². The van der Waals surface area contributed by atoms with Gasteiger partial charge in [0.2, 0.25) is 5.91 Å². The van der Waals surface area contributed by atoms with Gasteiger partial charge < -0.3 is 4.98 Å². The first-order valence-electron chi connectivity index (χ1n) is 10.1. The van der Waals surface area contributed by atoms with Crippen LogP contribution in [0.25, 0.3) is 10.2 Å². The number of aromatic nitrogens is 2. The minimum atomic E-state index is -0.276. The third-order valence-corrected chi connectivity index (χ3v) is 6.54. The lowest BCUT2D eigenvalue weighted by atomic mass is 10.1. The molecule has 1 saturated heterocycles. The quantitative estimate of drug-likeness (QED) is 0.618. The smallest absolute Gasteiger partial charge is 0.259 e. The first-order chi connectivity index (χ1) is 14.5. The largest absolute Gasteiger partial charge is 0.309 e. The van der Waals surface area contributed by atoms with Crippen LogP contribution in [0.5, 0.6) is 0 Å². The highest BCUT2D eigenvalue weighted by atomic mass is 32.1. The molecule has 1 aliphatic heterocycles. The van der Waals surface area contributed by atoms with Crippen LogP contribution < -0.4 is 11.0 Å². The van der Waals surface area contributed by atoms with Gasteiger partial charge in [-0.3, -0.25) is 14.5 Å². The molecule has 0 saturated carbocycles. The van der Waals surface area contributed by atoms with E-state index in [1.165, 1.54) is 16.9 Å². The summed E-state index contributed by atoms with van der Waals surface area (Å²) in [6.07, 6.45) is 1.67. The maximum absolute atomic E-state index is 12.3. The molecule has 1 aromatic carbocycles. The van der Waals surface area contributed by atoms with Gasteiger partial charge in [0, 0.05) is 43.1 Å². The van der Waals surface area contributed by atoms with Crippen molar-refractivity contribution in [2.75, 3.05) is 13.1 Å². The average Bonchev–Trinajstić information content (AvgIpc) is 3.02. The van der Waals surface area contributed by atoms with Crippen LogP contribution in [0.4, 0.5) is 0 Å². The summed E-state index contributed by atoms with van der Waals surface area (Å²) in [5, 5.41) is 4.91. The predicted molar refractivity (Wildman–Crippen MR) is 120 cm³/mol. The Morgan fingerprint density at radius 2 is 1.97 bits per heavy atom. The first kappa shape index (κ1) is 20.4. The third-order valence-electron chi connectivity index (χ3n) is 5.44. The van der Waals surface area contributed by atoms with Gasteiger partial charge in [-0.25, -0.2) is 10.4 Å². The number of aromatic amines is 1. The molecule has 1 aliphatic rings. The highest BCUT2D eigenvalue weighted by molar-refractivity contribution is 7.18. The van der Waals surface area contributed by atoms with Crippen molar-refractivity contribution in [3.63, 3.8) is 0 Å². The number of aryl methyl sites for hydroxylation is 2. The maximum atomic E-state index is 12.3. The zero-order chi connectivity index (χ0) is 21.1. The molecule has 2 N–H and O–H groups in total. The number of amides is 1. The topological polar surface area (TPSA) is 90.4 Å². The number of benzene rings is 1. The zero-order valence-corrected chi connectivity index (χ0v) is 18.0. The van der Waals surface area contributed by atoms with Crippen molar-refractivity contribution in [3.05, 3.63) is 62.5 Å². The van der Waals surface area contributed by atoms with Crippen LogP contribution in [0.3, 0.4) is 0 Å². The lowest BCUT2D eigenvalue weighted by molar-refractivity contribution is -0.120. The Bertz CT molecular complexity index is 1140. The summed E-state index contributed by atoms with van der Waals surface area (Å²) < 4.78 is 0.